The fourth-order valence-electron chi connectivity index (χ4n) is 4.09. The summed E-state index contributed by atoms with van der Waals surface area (Å²) in [6.07, 6.45) is 1.53. The molecule has 1 unspecified atom stereocenters. The number of carbonyl (C=O) groups is 2. The van der Waals surface area contributed by atoms with Crippen LogP contribution >= 0.6 is 11.3 Å². The average Bonchev–Trinajstić information content (AvgIpc) is 3.45. The molecule has 10 nitrogen and oxygen atoms in total. The van der Waals surface area contributed by atoms with Crippen molar-refractivity contribution in [3.63, 3.8) is 0 Å². The van der Waals surface area contributed by atoms with Gasteiger partial charge >= 0.3 is 5.91 Å². The second kappa shape index (κ2) is 10.0. The second-order valence-electron chi connectivity index (χ2n) is 9.06. The van der Waals surface area contributed by atoms with Crippen molar-refractivity contribution in [3.05, 3.63) is 93.8 Å². The molecule has 0 radical (unpaired) electrons. The number of carbonyl (C=O) groups excluding carboxylic acids is 2. The van der Waals surface area contributed by atoms with Gasteiger partial charge in [-0.15, -0.1) is 0 Å². The Morgan fingerprint density at radius 3 is 2.58 bits per heavy atom. The molecular formula is C27H22N4O6S. The van der Waals surface area contributed by atoms with E-state index in [0.717, 1.165) is 11.3 Å². The van der Waals surface area contributed by atoms with Crippen LogP contribution in [0.3, 0.4) is 0 Å². The van der Waals surface area contributed by atoms with Gasteiger partial charge < -0.3 is 9.84 Å². The lowest BCUT2D eigenvalue weighted by Gasteiger charge is -2.22. The van der Waals surface area contributed by atoms with Crippen LogP contribution in [0.1, 0.15) is 31.1 Å². The van der Waals surface area contributed by atoms with Crippen molar-refractivity contribution in [2.75, 3.05) is 11.5 Å². The minimum Gasteiger partial charge on any atom is -0.507 e. The molecule has 1 aliphatic heterocycles. The number of ether oxygens (including phenoxy) is 1. The first-order valence-corrected chi connectivity index (χ1v) is 12.6. The number of hydrogen-bond acceptors (Lipinski definition) is 9. The molecule has 192 valence electrons. The number of Topliss-reactive ketones (excluding diaryl/α,β-unsaturated/α-hetero) is 1. The molecular weight excluding hydrogens is 508 g/mol. The summed E-state index contributed by atoms with van der Waals surface area (Å²) in [6.45, 7) is 4.59. The maximum Gasteiger partial charge on any atom is 0.301 e. The lowest BCUT2D eigenvalue weighted by molar-refractivity contribution is -0.384. The zero-order chi connectivity index (χ0) is 27.0. The summed E-state index contributed by atoms with van der Waals surface area (Å²) in [4.78, 5) is 47.4. The molecule has 2 aromatic heterocycles. The number of aliphatic hydroxyl groups is 1. The minimum absolute atomic E-state index is 0.114. The van der Waals surface area contributed by atoms with Gasteiger partial charge in [-0.3, -0.25) is 29.6 Å². The Balaban J connectivity index is 1.61. The molecule has 5 rings (SSSR count). The molecule has 38 heavy (non-hydrogen) atoms. The van der Waals surface area contributed by atoms with E-state index in [9.17, 15) is 24.8 Å². The normalized spacial score (nSPS) is 16.9. The number of fused-ring (bicyclic) bond motifs is 1. The number of rotatable bonds is 7. The number of hydrogen-bond donors (Lipinski definition) is 1. The van der Waals surface area contributed by atoms with Crippen LogP contribution in [0, 0.1) is 16.0 Å². The predicted molar refractivity (Wildman–Crippen MR) is 142 cm³/mol. The zero-order valence-electron chi connectivity index (χ0n) is 20.4. The van der Waals surface area contributed by atoms with E-state index in [1.807, 2.05) is 13.8 Å². The number of ketones is 1. The Hall–Kier alpha value is -4.64. The topological polar surface area (TPSA) is 136 Å². The lowest BCUT2D eigenvalue weighted by atomic mass is 9.98. The molecule has 1 amide bonds. The Morgan fingerprint density at radius 1 is 1.16 bits per heavy atom. The summed E-state index contributed by atoms with van der Waals surface area (Å²) in [6, 6.07) is 14.8. The molecule has 2 aromatic carbocycles. The summed E-state index contributed by atoms with van der Waals surface area (Å²) in [5.74, 6) is -1.17. The van der Waals surface area contributed by atoms with Crippen molar-refractivity contribution in [1.82, 2.24) is 9.97 Å². The van der Waals surface area contributed by atoms with Gasteiger partial charge in [0.1, 0.15) is 17.6 Å². The molecule has 11 heteroatoms. The van der Waals surface area contributed by atoms with E-state index in [1.54, 1.807) is 42.5 Å². The summed E-state index contributed by atoms with van der Waals surface area (Å²) in [5, 5.41) is 22.6. The molecule has 4 aromatic rings. The maximum atomic E-state index is 13.3. The molecule has 3 heterocycles. The first kappa shape index (κ1) is 25.0. The van der Waals surface area contributed by atoms with Crippen LogP contribution in [0.15, 0.2) is 72.4 Å². The van der Waals surface area contributed by atoms with Crippen LogP contribution in [0.2, 0.25) is 0 Å². The Kier molecular flexibility index (Phi) is 6.60. The molecule has 0 aliphatic carbocycles. The van der Waals surface area contributed by atoms with Crippen LogP contribution in [0.5, 0.6) is 5.75 Å². The highest BCUT2D eigenvalue weighted by molar-refractivity contribution is 7.22. The molecule has 1 N–H and O–H groups in total. The number of anilines is 1. The summed E-state index contributed by atoms with van der Waals surface area (Å²) in [5.41, 5.74) is 0.886. The van der Waals surface area contributed by atoms with Gasteiger partial charge in [0.2, 0.25) is 0 Å². The number of aliphatic hydroxyl groups excluding tert-OH is 1. The van der Waals surface area contributed by atoms with E-state index in [-0.39, 0.29) is 22.2 Å². The second-order valence-corrected chi connectivity index (χ2v) is 10.1. The van der Waals surface area contributed by atoms with Crippen molar-refractivity contribution in [1.29, 1.82) is 0 Å². The summed E-state index contributed by atoms with van der Waals surface area (Å²) in [7, 11) is 0. The fourth-order valence-corrected chi connectivity index (χ4v) is 5.12. The fraction of sp³-hybridized carbons (Fsp3) is 0.185. The molecule has 0 saturated carbocycles. The first-order chi connectivity index (χ1) is 18.2. The maximum absolute atomic E-state index is 13.3. The van der Waals surface area contributed by atoms with Crippen LogP contribution in [-0.4, -0.2) is 38.3 Å². The zero-order valence-corrected chi connectivity index (χ0v) is 21.2. The Bertz CT molecular complexity index is 1580. The largest absolute Gasteiger partial charge is 0.507 e. The number of thiazole rings is 1. The van der Waals surface area contributed by atoms with Crippen molar-refractivity contribution >= 4 is 49.8 Å². The molecule has 0 spiro atoms. The van der Waals surface area contributed by atoms with Gasteiger partial charge in [0.25, 0.3) is 11.5 Å². The predicted octanol–water partition coefficient (Wildman–Crippen LogP) is 5.26. The molecule has 1 saturated heterocycles. The average molecular weight is 531 g/mol. The van der Waals surface area contributed by atoms with E-state index in [0.29, 0.717) is 39.7 Å². The summed E-state index contributed by atoms with van der Waals surface area (Å²) >= 11 is 1.04. The number of nitro benzene ring substituents is 1. The van der Waals surface area contributed by atoms with E-state index < -0.39 is 22.7 Å². The van der Waals surface area contributed by atoms with Gasteiger partial charge in [0.15, 0.2) is 5.13 Å². The van der Waals surface area contributed by atoms with Crippen molar-refractivity contribution in [3.8, 4) is 5.75 Å². The third-order valence-electron chi connectivity index (χ3n) is 5.90. The van der Waals surface area contributed by atoms with Crippen LogP contribution in [0.4, 0.5) is 10.8 Å². The monoisotopic (exact) mass is 530 g/mol. The van der Waals surface area contributed by atoms with Crippen molar-refractivity contribution < 1.29 is 24.4 Å². The quantitative estimate of drug-likeness (QED) is 0.112. The van der Waals surface area contributed by atoms with E-state index in [2.05, 4.69) is 9.97 Å². The first-order valence-electron chi connectivity index (χ1n) is 11.7. The highest BCUT2D eigenvalue weighted by Gasteiger charge is 2.48. The third-order valence-corrected chi connectivity index (χ3v) is 6.92. The Labute approximate surface area is 221 Å². The van der Waals surface area contributed by atoms with Gasteiger partial charge in [-0.1, -0.05) is 31.3 Å². The minimum atomic E-state index is -1.05. The number of benzene rings is 2. The van der Waals surface area contributed by atoms with Crippen molar-refractivity contribution in [2.45, 2.75) is 19.9 Å². The van der Waals surface area contributed by atoms with E-state index in [4.69, 9.17) is 4.74 Å². The highest BCUT2D eigenvalue weighted by atomic mass is 32.1. The van der Waals surface area contributed by atoms with E-state index >= 15 is 0 Å². The van der Waals surface area contributed by atoms with Gasteiger partial charge in [-0.2, -0.15) is 0 Å². The van der Waals surface area contributed by atoms with Gasteiger partial charge in [0, 0.05) is 23.9 Å². The van der Waals surface area contributed by atoms with Crippen molar-refractivity contribution in [2.24, 2.45) is 5.92 Å². The number of non-ortho nitro benzene ring substituents is 1. The highest BCUT2D eigenvalue weighted by Crippen LogP contribution is 2.44. The lowest BCUT2D eigenvalue weighted by Crippen LogP contribution is -2.29. The number of pyridine rings is 1. The number of amides is 1. The Morgan fingerprint density at radius 2 is 1.92 bits per heavy atom. The number of nitro groups is 1. The van der Waals surface area contributed by atoms with Gasteiger partial charge in [-0.25, -0.2) is 4.98 Å². The third kappa shape index (κ3) is 4.59. The van der Waals surface area contributed by atoms with Gasteiger partial charge in [0.05, 0.1) is 33.0 Å². The van der Waals surface area contributed by atoms with E-state index in [1.165, 1.54) is 29.3 Å². The molecule has 1 atom stereocenters. The summed E-state index contributed by atoms with van der Waals surface area (Å²) < 4.78 is 6.18. The molecule has 1 aliphatic rings. The van der Waals surface area contributed by atoms with Crippen LogP contribution < -0.4 is 9.64 Å². The van der Waals surface area contributed by atoms with Gasteiger partial charge in [-0.05, 0) is 48.4 Å². The molecule has 1 fully saturated rings. The molecule has 0 bridgehead atoms. The smallest absolute Gasteiger partial charge is 0.301 e. The number of nitrogens with zero attached hydrogens (tertiary/aromatic N) is 4. The number of aromatic nitrogens is 2. The SMILES string of the molecule is CC(C)COc1ccc(/C(O)=C2\C(=O)C(=O)N(c3nc4ccc([N+](=O)[O-])cc4s3)C2c2ccccn2)cc1. The van der Waals surface area contributed by atoms with Crippen LogP contribution in [-0.2, 0) is 9.59 Å². The standard InChI is InChI=1S/C27H22N4O6S/c1-15(2)14-37-18-9-6-16(7-10-18)24(32)22-23(20-5-3-4-12-28-20)30(26(34)25(22)33)27-29-19-11-8-17(31(35)36)13-21(19)38-27/h3-13,15,23,32H,14H2,1-2H3/b24-22+. The van der Waals surface area contributed by atoms with Crippen LogP contribution in [0.25, 0.3) is 16.0 Å².